The van der Waals surface area contributed by atoms with Crippen LogP contribution in [-0.2, 0) is 4.79 Å². The molecule has 7 heteroatoms. The van der Waals surface area contributed by atoms with E-state index in [9.17, 15) is 14.4 Å². The largest absolute Gasteiger partial charge is 0.486 e. The number of hydrogen-bond donors (Lipinski definition) is 1. The molecule has 3 amide bonds. The number of ether oxygens (including phenoxy) is 2. The van der Waals surface area contributed by atoms with Crippen molar-refractivity contribution in [3.63, 3.8) is 0 Å². The zero-order valence-electron chi connectivity index (χ0n) is 14.0. The number of nitrogens with zero attached hydrogens (tertiary/aromatic N) is 1. The fourth-order valence-corrected chi connectivity index (χ4v) is 3.04. The highest BCUT2D eigenvalue weighted by Crippen LogP contribution is 2.33. The molecule has 2 aliphatic heterocycles. The van der Waals surface area contributed by atoms with E-state index in [-0.39, 0.29) is 0 Å². The average molecular weight is 352 g/mol. The Morgan fingerprint density at radius 2 is 1.62 bits per heavy atom. The molecule has 1 atom stereocenters. The first kappa shape index (κ1) is 16.1. The van der Waals surface area contributed by atoms with Gasteiger partial charge in [0.25, 0.3) is 11.8 Å². The first-order valence-electron chi connectivity index (χ1n) is 8.23. The number of amides is 3. The van der Waals surface area contributed by atoms with Crippen molar-refractivity contribution in [2.75, 3.05) is 18.5 Å². The van der Waals surface area contributed by atoms with Crippen LogP contribution < -0.4 is 14.8 Å². The van der Waals surface area contributed by atoms with Gasteiger partial charge in [0.2, 0.25) is 5.91 Å². The third kappa shape index (κ3) is 2.57. The first-order valence-corrected chi connectivity index (χ1v) is 8.23. The first-order chi connectivity index (χ1) is 12.6. The normalized spacial score (nSPS) is 16.3. The molecule has 0 saturated heterocycles. The van der Waals surface area contributed by atoms with Gasteiger partial charge in [-0.05, 0) is 31.2 Å². The zero-order valence-corrected chi connectivity index (χ0v) is 14.0. The van der Waals surface area contributed by atoms with Crippen LogP contribution in [0.4, 0.5) is 5.69 Å². The number of fused-ring (bicyclic) bond motifs is 2. The van der Waals surface area contributed by atoms with Crippen molar-refractivity contribution in [2.24, 2.45) is 0 Å². The average Bonchev–Trinajstić information content (AvgIpc) is 2.92. The lowest BCUT2D eigenvalue weighted by molar-refractivity contribution is -0.119. The van der Waals surface area contributed by atoms with Gasteiger partial charge in [-0.3, -0.25) is 19.3 Å². The summed E-state index contributed by atoms with van der Waals surface area (Å²) in [5, 5.41) is 2.72. The maximum absolute atomic E-state index is 12.6. The number of imide groups is 1. The molecular weight excluding hydrogens is 336 g/mol. The summed E-state index contributed by atoms with van der Waals surface area (Å²) in [6.07, 6.45) is 0. The molecule has 0 fully saturated rings. The lowest BCUT2D eigenvalue weighted by Gasteiger charge is -2.22. The maximum Gasteiger partial charge on any atom is 0.262 e. The highest BCUT2D eigenvalue weighted by atomic mass is 16.6. The number of hydrogen-bond acceptors (Lipinski definition) is 5. The van der Waals surface area contributed by atoms with E-state index in [1.807, 2.05) is 0 Å². The van der Waals surface area contributed by atoms with E-state index in [4.69, 9.17) is 9.47 Å². The number of anilines is 1. The van der Waals surface area contributed by atoms with Gasteiger partial charge in [0.15, 0.2) is 11.5 Å². The van der Waals surface area contributed by atoms with E-state index < -0.39 is 23.8 Å². The van der Waals surface area contributed by atoms with Crippen molar-refractivity contribution in [1.82, 2.24) is 4.90 Å². The smallest absolute Gasteiger partial charge is 0.262 e. The van der Waals surface area contributed by atoms with Gasteiger partial charge in [-0.25, -0.2) is 0 Å². The summed E-state index contributed by atoms with van der Waals surface area (Å²) in [6.45, 7) is 2.44. The van der Waals surface area contributed by atoms with Gasteiger partial charge in [0.1, 0.15) is 19.3 Å². The summed E-state index contributed by atoms with van der Waals surface area (Å²) in [7, 11) is 0. The predicted molar refractivity (Wildman–Crippen MR) is 92.5 cm³/mol. The summed E-state index contributed by atoms with van der Waals surface area (Å²) in [5.41, 5.74) is 1.13. The van der Waals surface area contributed by atoms with Crippen LogP contribution in [0.3, 0.4) is 0 Å². The molecular formula is C19H16N2O5. The van der Waals surface area contributed by atoms with Crippen LogP contribution in [0.5, 0.6) is 11.5 Å². The van der Waals surface area contributed by atoms with Gasteiger partial charge < -0.3 is 14.8 Å². The van der Waals surface area contributed by atoms with Crippen LogP contribution in [0, 0.1) is 0 Å². The Labute approximate surface area is 149 Å². The number of nitrogens with one attached hydrogen (secondary N) is 1. The number of carbonyl (C=O) groups excluding carboxylic acids is 3. The van der Waals surface area contributed by atoms with Gasteiger partial charge in [0.05, 0.1) is 11.1 Å². The molecule has 132 valence electrons. The lowest BCUT2D eigenvalue weighted by Crippen LogP contribution is -2.45. The van der Waals surface area contributed by atoms with Crippen LogP contribution in [0.2, 0.25) is 0 Å². The van der Waals surface area contributed by atoms with E-state index in [2.05, 4.69) is 5.32 Å². The second-order valence-electron chi connectivity index (χ2n) is 6.05. The van der Waals surface area contributed by atoms with Crippen LogP contribution in [0.25, 0.3) is 0 Å². The Bertz CT molecular complexity index is 889. The van der Waals surface area contributed by atoms with Crippen LogP contribution in [0.15, 0.2) is 42.5 Å². The lowest BCUT2D eigenvalue weighted by atomic mass is 10.1. The fourth-order valence-electron chi connectivity index (χ4n) is 3.04. The van der Waals surface area contributed by atoms with Gasteiger partial charge in [-0.15, -0.1) is 0 Å². The molecule has 1 N–H and O–H groups in total. The van der Waals surface area contributed by atoms with E-state index in [0.717, 1.165) is 4.90 Å². The van der Waals surface area contributed by atoms with Crippen LogP contribution >= 0.6 is 0 Å². The van der Waals surface area contributed by atoms with Crippen molar-refractivity contribution in [3.05, 3.63) is 53.6 Å². The van der Waals surface area contributed by atoms with Crippen molar-refractivity contribution >= 4 is 23.4 Å². The van der Waals surface area contributed by atoms with Crippen LogP contribution in [-0.4, -0.2) is 41.9 Å². The topological polar surface area (TPSA) is 84.9 Å². The van der Waals surface area contributed by atoms with Crippen molar-refractivity contribution in [3.8, 4) is 11.5 Å². The standard InChI is InChI=1S/C19H16N2O5/c1-11(21-18(23)13-4-2-3-5-14(13)19(21)24)17(22)20-12-6-7-15-16(10-12)26-9-8-25-15/h2-7,10-11H,8-9H2,1H3,(H,20,22)/t11-/m0/s1. The van der Waals surface area contributed by atoms with Crippen molar-refractivity contribution in [2.45, 2.75) is 13.0 Å². The molecule has 4 rings (SSSR count). The summed E-state index contributed by atoms with van der Waals surface area (Å²) < 4.78 is 10.9. The minimum Gasteiger partial charge on any atom is -0.486 e. The van der Waals surface area contributed by atoms with Crippen LogP contribution in [0.1, 0.15) is 27.6 Å². The third-order valence-electron chi connectivity index (χ3n) is 4.40. The molecule has 0 radical (unpaired) electrons. The van der Waals surface area contributed by atoms with E-state index >= 15 is 0 Å². The second-order valence-corrected chi connectivity index (χ2v) is 6.05. The molecule has 2 aliphatic rings. The van der Waals surface area contributed by atoms with Gasteiger partial charge >= 0.3 is 0 Å². The maximum atomic E-state index is 12.6. The second kappa shape index (κ2) is 6.18. The van der Waals surface area contributed by atoms with Gasteiger partial charge in [-0.1, -0.05) is 12.1 Å². The quantitative estimate of drug-likeness (QED) is 0.855. The summed E-state index contributed by atoms with van der Waals surface area (Å²) >= 11 is 0. The SMILES string of the molecule is C[C@@H](C(=O)Nc1ccc2c(c1)OCCO2)N1C(=O)c2ccccc2C1=O. The molecule has 0 saturated carbocycles. The van der Waals surface area contributed by atoms with E-state index in [1.165, 1.54) is 6.92 Å². The summed E-state index contributed by atoms with van der Waals surface area (Å²) in [4.78, 5) is 38.5. The minimum absolute atomic E-state index is 0.316. The predicted octanol–water partition coefficient (Wildman–Crippen LogP) is 2.08. The molecule has 0 unspecified atom stereocenters. The Balaban J connectivity index is 1.52. The van der Waals surface area contributed by atoms with Crippen molar-refractivity contribution < 1.29 is 23.9 Å². The molecule has 2 heterocycles. The molecule has 0 bridgehead atoms. The minimum atomic E-state index is -0.949. The molecule has 7 nitrogen and oxygen atoms in total. The Hall–Kier alpha value is -3.35. The molecule has 0 spiro atoms. The van der Waals surface area contributed by atoms with E-state index in [1.54, 1.807) is 42.5 Å². The Morgan fingerprint density at radius 1 is 1.00 bits per heavy atom. The molecule has 0 aliphatic carbocycles. The summed E-state index contributed by atoms with van der Waals surface area (Å²) in [6, 6.07) is 10.6. The zero-order chi connectivity index (χ0) is 18.3. The Morgan fingerprint density at radius 3 is 2.27 bits per heavy atom. The van der Waals surface area contributed by atoms with Gasteiger partial charge in [0, 0.05) is 11.8 Å². The number of benzene rings is 2. The molecule has 2 aromatic carbocycles. The summed E-state index contributed by atoms with van der Waals surface area (Å²) in [5.74, 6) is -0.230. The fraction of sp³-hybridized carbons (Fsp3) is 0.211. The van der Waals surface area contributed by atoms with Gasteiger partial charge in [-0.2, -0.15) is 0 Å². The number of rotatable bonds is 3. The molecule has 0 aromatic heterocycles. The van der Waals surface area contributed by atoms with Crippen molar-refractivity contribution in [1.29, 1.82) is 0 Å². The monoisotopic (exact) mass is 352 g/mol. The Kier molecular flexibility index (Phi) is 3.84. The third-order valence-corrected chi connectivity index (χ3v) is 4.40. The number of carbonyl (C=O) groups is 3. The molecule has 26 heavy (non-hydrogen) atoms. The van der Waals surface area contributed by atoms with E-state index in [0.29, 0.717) is 41.5 Å². The molecule has 2 aromatic rings. The highest BCUT2D eigenvalue weighted by Gasteiger charge is 2.40. The highest BCUT2D eigenvalue weighted by molar-refractivity contribution is 6.23.